The van der Waals surface area contributed by atoms with Gasteiger partial charge in [-0.1, -0.05) is 6.07 Å². The number of carbonyl (C=O) groups is 1. The number of benzene rings is 1. The van der Waals surface area contributed by atoms with E-state index < -0.39 is 18.5 Å². The maximum Gasteiger partial charge on any atom is 0.390 e. The maximum absolute atomic E-state index is 12.3. The Morgan fingerprint density at radius 2 is 1.96 bits per heavy atom. The lowest BCUT2D eigenvalue weighted by Gasteiger charge is -2.19. The van der Waals surface area contributed by atoms with Crippen LogP contribution in [0, 0.1) is 0 Å². The molecule has 25 heavy (non-hydrogen) atoms. The summed E-state index contributed by atoms with van der Waals surface area (Å²) in [6.45, 7) is 5.29. The van der Waals surface area contributed by atoms with Crippen molar-refractivity contribution in [2.75, 3.05) is 20.2 Å². The second kappa shape index (κ2) is 9.34. The lowest BCUT2D eigenvalue weighted by atomic mass is 10.2. The SMILES string of the molecule is CCN(CCC(F)(F)F)C(=O)/C=C\c1ccc(OC(C)C)c(OC)c1. The fourth-order valence-corrected chi connectivity index (χ4v) is 2.10. The molecule has 0 aliphatic carbocycles. The number of nitrogens with zero attached hydrogens (tertiary/aromatic N) is 1. The zero-order chi connectivity index (χ0) is 19.0. The normalized spacial score (nSPS) is 11.8. The summed E-state index contributed by atoms with van der Waals surface area (Å²) in [5, 5.41) is 0. The van der Waals surface area contributed by atoms with E-state index in [1.165, 1.54) is 13.2 Å². The smallest absolute Gasteiger partial charge is 0.390 e. The van der Waals surface area contributed by atoms with Gasteiger partial charge in [0.2, 0.25) is 5.91 Å². The van der Waals surface area contributed by atoms with Gasteiger partial charge in [0.25, 0.3) is 0 Å². The van der Waals surface area contributed by atoms with Crippen LogP contribution in [0.1, 0.15) is 32.8 Å². The van der Waals surface area contributed by atoms with Gasteiger partial charge >= 0.3 is 6.18 Å². The Labute approximate surface area is 146 Å². The molecule has 0 unspecified atom stereocenters. The Bertz CT molecular complexity index is 598. The maximum atomic E-state index is 12.3. The van der Waals surface area contributed by atoms with Gasteiger partial charge in [0.15, 0.2) is 11.5 Å². The van der Waals surface area contributed by atoms with Crippen LogP contribution in [0.5, 0.6) is 11.5 Å². The van der Waals surface area contributed by atoms with Crippen LogP contribution in [-0.4, -0.2) is 43.3 Å². The predicted molar refractivity (Wildman–Crippen MR) is 90.7 cm³/mol. The van der Waals surface area contributed by atoms with Crippen LogP contribution in [0.15, 0.2) is 24.3 Å². The van der Waals surface area contributed by atoms with Crippen molar-refractivity contribution < 1.29 is 27.4 Å². The Hall–Kier alpha value is -2.18. The molecule has 140 valence electrons. The third-order valence-electron chi connectivity index (χ3n) is 3.33. The monoisotopic (exact) mass is 359 g/mol. The molecule has 0 atom stereocenters. The van der Waals surface area contributed by atoms with Crippen molar-refractivity contribution in [3.63, 3.8) is 0 Å². The molecule has 0 aliphatic rings. The third kappa shape index (κ3) is 7.49. The van der Waals surface area contributed by atoms with E-state index in [0.29, 0.717) is 17.1 Å². The summed E-state index contributed by atoms with van der Waals surface area (Å²) in [6, 6.07) is 5.17. The van der Waals surface area contributed by atoms with Crippen LogP contribution in [-0.2, 0) is 4.79 Å². The summed E-state index contributed by atoms with van der Waals surface area (Å²) >= 11 is 0. The molecule has 1 aromatic carbocycles. The average molecular weight is 359 g/mol. The molecule has 0 N–H and O–H groups in total. The van der Waals surface area contributed by atoms with Crippen LogP contribution >= 0.6 is 0 Å². The molecular formula is C18H24F3NO3. The summed E-state index contributed by atoms with van der Waals surface area (Å²) < 4.78 is 47.8. The van der Waals surface area contributed by atoms with E-state index in [0.717, 1.165) is 4.90 Å². The largest absolute Gasteiger partial charge is 0.493 e. The van der Waals surface area contributed by atoms with E-state index in [2.05, 4.69) is 0 Å². The molecule has 0 radical (unpaired) electrons. The number of amides is 1. The number of hydrogen-bond acceptors (Lipinski definition) is 3. The number of methoxy groups -OCH3 is 1. The summed E-state index contributed by atoms with van der Waals surface area (Å²) in [6.07, 6.45) is -2.51. The molecule has 0 saturated heterocycles. The number of hydrogen-bond donors (Lipinski definition) is 0. The van der Waals surface area contributed by atoms with Gasteiger partial charge in [-0.25, -0.2) is 0 Å². The van der Waals surface area contributed by atoms with Gasteiger partial charge in [0.05, 0.1) is 19.6 Å². The van der Waals surface area contributed by atoms with Crippen LogP contribution in [0.25, 0.3) is 6.08 Å². The lowest BCUT2D eigenvalue weighted by molar-refractivity contribution is -0.143. The predicted octanol–water partition coefficient (Wildman–Crippen LogP) is 4.30. The molecular weight excluding hydrogens is 335 g/mol. The Morgan fingerprint density at radius 3 is 2.48 bits per heavy atom. The first-order valence-electron chi connectivity index (χ1n) is 8.04. The Morgan fingerprint density at radius 1 is 1.28 bits per heavy atom. The summed E-state index contributed by atoms with van der Waals surface area (Å²) in [4.78, 5) is 13.2. The minimum Gasteiger partial charge on any atom is -0.493 e. The van der Waals surface area contributed by atoms with Crippen molar-refractivity contribution >= 4 is 12.0 Å². The van der Waals surface area contributed by atoms with Gasteiger partial charge in [-0.2, -0.15) is 13.2 Å². The van der Waals surface area contributed by atoms with Gasteiger partial charge in [-0.05, 0) is 44.5 Å². The molecule has 0 aliphatic heterocycles. The van der Waals surface area contributed by atoms with Crippen LogP contribution in [0.2, 0.25) is 0 Å². The van der Waals surface area contributed by atoms with Gasteiger partial charge < -0.3 is 14.4 Å². The van der Waals surface area contributed by atoms with E-state index in [4.69, 9.17) is 9.47 Å². The highest BCUT2D eigenvalue weighted by molar-refractivity contribution is 5.91. The molecule has 0 spiro atoms. The zero-order valence-electron chi connectivity index (χ0n) is 14.9. The molecule has 1 rings (SSSR count). The van der Waals surface area contributed by atoms with Gasteiger partial charge in [0, 0.05) is 19.2 Å². The number of halogens is 3. The first-order chi connectivity index (χ1) is 11.7. The van der Waals surface area contributed by atoms with Crippen molar-refractivity contribution in [2.45, 2.75) is 39.5 Å². The van der Waals surface area contributed by atoms with Gasteiger partial charge in [-0.3, -0.25) is 4.79 Å². The number of likely N-dealkylation sites (N-methyl/N-ethyl adjacent to an activating group) is 1. The summed E-state index contributed by atoms with van der Waals surface area (Å²) in [5.74, 6) is 0.641. The second-order valence-electron chi connectivity index (χ2n) is 5.69. The molecule has 0 fully saturated rings. The molecule has 1 aromatic rings. The number of carbonyl (C=O) groups excluding carboxylic acids is 1. The van der Waals surface area contributed by atoms with Crippen molar-refractivity contribution in [3.8, 4) is 11.5 Å². The van der Waals surface area contributed by atoms with Crippen LogP contribution in [0.4, 0.5) is 13.2 Å². The fourth-order valence-electron chi connectivity index (χ4n) is 2.10. The van der Waals surface area contributed by atoms with Crippen molar-refractivity contribution in [1.82, 2.24) is 4.90 Å². The van der Waals surface area contributed by atoms with Crippen molar-refractivity contribution in [2.24, 2.45) is 0 Å². The minimum atomic E-state index is -4.28. The van der Waals surface area contributed by atoms with Gasteiger partial charge in [0.1, 0.15) is 0 Å². The summed E-state index contributed by atoms with van der Waals surface area (Å²) in [7, 11) is 1.51. The minimum absolute atomic E-state index is 0.0105. The van der Waals surface area contributed by atoms with E-state index in [1.807, 2.05) is 13.8 Å². The second-order valence-corrected chi connectivity index (χ2v) is 5.69. The Balaban J connectivity index is 2.80. The number of rotatable bonds is 8. The third-order valence-corrected chi connectivity index (χ3v) is 3.33. The zero-order valence-corrected chi connectivity index (χ0v) is 14.9. The fraction of sp³-hybridized carbons (Fsp3) is 0.500. The van der Waals surface area contributed by atoms with Crippen LogP contribution in [0.3, 0.4) is 0 Å². The highest BCUT2D eigenvalue weighted by atomic mass is 19.4. The van der Waals surface area contributed by atoms with Crippen molar-refractivity contribution in [3.05, 3.63) is 29.8 Å². The Kier molecular flexibility index (Phi) is 7.80. The van der Waals surface area contributed by atoms with E-state index in [1.54, 1.807) is 31.2 Å². The molecule has 4 nitrogen and oxygen atoms in total. The lowest BCUT2D eigenvalue weighted by Crippen LogP contribution is -2.32. The first-order valence-corrected chi connectivity index (χ1v) is 8.04. The number of alkyl halides is 3. The molecule has 0 aromatic heterocycles. The van der Waals surface area contributed by atoms with Gasteiger partial charge in [-0.15, -0.1) is 0 Å². The molecule has 7 heteroatoms. The molecule has 0 saturated carbocycles. The number of ether oxygens (including phenoxy) is 2. The molecule has 1 amide bonds. The molecule has 0 bridgehead atoms. The highest BCUT2D eigenvalue weighted by Gasteiger charge is 2.28. The first kappa shape index (κ1) is 20.9. The van der Waals surface area contributed by atoms with E-state index in [-0.39, 0.29) is 19.2 Å². The highest BCUT2D eigenvalue weighted by Crippen LogP contribution is 2.29. The quantitative estimate of drug-likeness (QED) is 0.650. The van der Waals surface area contributed by atoms with Crippen LogP contribution < -0.4 is 9.47 Å². The summed E-state index contributed by atoms with van der Waals surface area (Å²) in [5.41, 5.74) is 0.688. The molecule has 0 heterocycles. The van der Waals surface area contributed by atoms with E-state index in [9.17, 15) is 18.0 Å². The van der Waals surface area contributed by atoms with Crippen molar-refractivity contribution in [1.29, 1.82) is 0 Å². The average Bonchev–Trinajstić information content (AvgIpc) is 2.52. The topological polar surface area (TPSA) is 38.8 Å². The standard InChI is InChI=1S/C18H24F3NO3/c1-5-22(11-10-18(19,20)21)17(23)9-7-14-6-8-15(25-13(2)3)16(12-14)24-4/h6-9,12-13H,5,10-11H2,1-4H3/b9-7-. The van der Waals surface area contributed by atoms with E-state index >= 15 is 0 Å².